The van der Waals surface area contributed by atoms with E-state index in [0.717, 1.165) is 21.2 Å². The molecule has 2 aromatic rings. The van der Waals surface area contributed by atoms with Crippen LogP contribution < -0.4 is 20.9 Å². The number of ether oxygens (including phenoxy) is 1. The molecule has 0 unspecified atom stereocenters. The number of amides is 2. The second-order valence-electron chi connectivity index (χ2n) is 6.91. The highest BCUT2D eigenvalue weighted by atomic mass is 79.9. The highest BCUT2D eigenvalue weighted by Crippen LogP contribution is 2.32. The number of hydrogen-bond donors (Lipinski definition) is 3. The van der Waals surface area contributed by atoms with E-state index in [9.17, 15) is 9.59 Å². The quantitative estimate of drug-likeness (QED) is 0.449. The highest BCUT2D eigenvalue weighted by molar-refractivity contribution is 9.10. The summed E-state index contributed by atoms with van der Waals surface area (Å²) in [5, 5.41) is 2.45. The predicted octanol–water partition coefficient (Wildman–Crippen LogP) is 3.90. The lowest BCUT2D eigenvalue weighted by molar-refractivity contribution is -0.121. The Morgan fingerprint density at radius 2 is 1.76 bits per heavy atom. The van der Waals surface area contributed by atoms with Crippen molar-refractivity contribution >= 4 is 45.1 Å². The van der Waals surface area contributed by atoms with Crippen LogP contribution in [0, 0.1) is 13.8 Å². The van der Waals surface area contributed by atoms with Crippen molar-refractivity contribution in [1.29, 1.82) is 0 Å². The molecule has 0 aliphatic carbocycles. The van der Waals surface area contributed by atoms with Crippen LogP contribution in [-0.4, -0.2) is 23.5 Å². The first kappa shape index (κ1) is 22.8. The molecule has 0 radical (unpaired) electrons. The molecule has 2 amide bonds. The lowest BCUT2D eigenvalue weighted by Gasteiger charge is -2.16. The zero-order valence-corrected chi connectivity index (χ0v) is 19.2. The lowest BCUT2D eigenvalue weighted by Crippen LogP contribution is -2.49. The standard InChI is InChI=1S/C21H24BrN3O3S/c1-12(2)16-10-17(22)14(4)9-18(16)28-11-19(26)23-21(29)25-24-20(27)15-7-5-13(3)6-8-15/h5-10,12H,11H2,1-4H3,(H,24,27)(H2,23,25,26,29). The number of hydrogen-bond acceptors (Lipinski definition) is 4. The molecule has 0 heterocycles. The third-order valence-corrected chi connectivity index (χ3v) is 5.19. The van der Waals surface area contributed by atoms with Crippen LogP contribution in [0.3, 0.4) is 0 Å². The fourth-order valence-electron chi connectivity index (χ4n) is 2.47. The van der Waals surface area contributed by atoms with E-state index in [0.29, 0.717) is 11.3 Å². The van der Waals surface area contributed by atoms with Gasteiger partial charge >= 0.3 is 0 Å². The van der Waals surface area contributed by atoms with Gasteiger partial charge in [-0.3, -0.25) is 25.8 Å². The van der Waals surface area contributed by atoms with Crippen molar-refractivity contribution < 1.29 is 14.3 Å². The van der Waals surface area contributed by atoms with E-state index >= 15 is 0 Å². The van der Waals surface area contributed by atoms with Crippen LogP contribution in [0.4, 0.5) is 0 Å². The monoisotopic (exact) mass is 477 g/mol. The number of carbonyl (C=O) groups is 2. The fraction of sp³-hybridized carbons (Fsp3) is 0.286. The third-order valence-electron chi connectivity index (χ3n) is 4.13. The summed E-state index contributed by atoms with van der Waals surface area (Å²) in [5.41, 5.74) is 8.50. The van der Waals surface area contributed by atoms with Crippen LogP contribution in [0.1, 0.15) is 46.8 Å². The average Bonchev–Trinajstić information content (AvgIpc) is 2.67. The minimum absolute atomic E-state index is 0.0184. The second-order valence-corrected chi connectivity index (χ2v) is 8.17. The van der Waals surface area contributed by atoms with Crippen LogP contribution in [0.15, 0.2) is 40.9 Å². The number of halogens is 1. The Hall–Kier alpha value is -2.45. The number of benzene rings is 2. The molecule has 2 aromatic carbocycles. The van der Waals surface area contributed by atoms with Crippen molar-refractivity contribution in [3.8, 4) is 5.75 Å². The molecule has 0 saturated heterocycles. The van der Waals surface area contributed by atoms with E-state index in [4.69, 9.17) is 17.0 Å². The molecule has 0 spiro atoms. The van der Waals surface area contributed by atoms with E-state index in [2.05, 4.69) is 45.9 Å². The summed E-state index contributed by atoms with van der Waals surface area (Å²) >= 11 is 8.55. The van der Waals surface area contributed by atoms with Crippen LogP contribution in [0.25, 0.3) is 0 Å². The number of rotatable bonds is 5. The van der Waals surface area contributed by atoms with E-state index in [1.54, 1.807) is 12.1 Å². The predicted molar refractivity (Wildman–Crippen MR) is 121 cm³/mol. The molecule has 0 bridgehead atoms. The molecule has 0 atom stereocenters. The summed E-state index contributed by atoms with van der Waals surface area (Å²) in [6.45, 7) is 7.80. The van der Waals surface area contributed by atoms with Gasteiger partial charge in [-0.05, 0) is 67.4 Å². The molecule has 29 heavy (non-hydrogen) atoms. The molecule has 0 saturated carbocycles. The van der Waals surface area contributed by atoms with Crippen molar-refractivity contribution in [2.75, 3.05) is 6.61 Å². The maximum absolute atomic E-state index is 12.1. The molecule has 154 valence electrons. The minimum Gasteiger partial charge on any atom is -0.483 e. The Kier molecular flexibility index (Phi) is 8.16. The number of aryl methyl sites for hydroxylation is 2. The normalized spacial score (nSPS) is 10.4. The fourth-order valence-corrected chi connectivity index (χ4v) is 3.00. The number of thiocarbonyl (C=S) groups is 1. The number of nitrogens with one attached hydrogen (secondary N) is 3. The largest absolute Gasteiger partial charge is 0.483 e. The lowest BCUT2D eigenvalue weighted by atomic mass is 10.0. The maximum atomic E-state index is 12.1. The van der Waals surface area contributed by atoms with Gasteiger partial charge in [-0.15, -0.1) is 0 Å². The number of hydrazine groups is 1. The average molecular weight is 478 g/mol. The Morgan fingerprint density at radius 1 is 1.10 bits per heavy atom. The van der Waals surface area contributed by atoms with Gasteiger partial charge in [0.1, 0.15) is 5.75 Å². The molecule has 3 N–H and O–H groups in total. The summed E-state index contributed by atoms with van der Waals surface area (Å²) in [6.07, 6.45) is 0. The molecular weight excluding hydrogens is 454 g/mol. The van der Waals surface area contributed by atoms with Crippen molar-refractivity contribution in [2.24, 2.45) is 0 Å². The molecule has 6 nitrogen and oxygen atoms in total. The van der Waals surface area contributed by atoms with Gasteiger partial charge in [0.15, 0.2) is 11.7 Å². The first-order valence-electron chi connectivity index (χ1n) is 9.07. The van der Waals surface area contributed by atoms with Crippen molar-refractivity contribution in [3.05, 3.63) is 63.1 Å². The summed E-state index contributed by atoms with van der Waals surface area (Å²) in [7, 11) is 0. The zero-order valence-electron chi connectivity index (χ0n) is 16.8. The Morgan fingerprint density at radius 3 is 2.38 bits per heavy atom. The van der Waals surface area contributed by atoms with Crippen molar-refractivity contribution in [2.45, 2.75) is 33.6 Å². The second kappa shape index (κ2) is 10.4. The van der Waals surface area contributed by atoms with Crippen LogP contribution in [0.5, 0.6) is 5.75 Å². The van der Waals surface area contributed by atoms with Gasteiger partial charge < -0.3 is 4.74 Å². The van der Waals surface area contributed by atoms with Crippen LogP contribution in [-0.2, 0) is 4.79 Å². The molecule has 8 heteroatoms. The van der Waals surface area contributed by atoms with Gasteiger partial charge in [-0.25, -0.2) is 0 Å². The number of carbonyl (C=O) groups excluding carboxylic acids is 2. The molecule has 0 fully saturated rings. The van der Waals surface area contributed by atoms with E-state index in [-0.39, 0.29) is 23.5 Å². The van der Waals surface area contributed by atoms with E-state index in [1.807, 2.05) is 38.1 Å². The smallest absolute Gasteiger partial charge is 0.269 e. The first-order valence-corrected chi connectivity index (χ1v) is 10.3. The minimum atomic E-state index is -0.428. The van der Waals surface area contributed by atoms with Crippen LogP contribution in [0.2, 0.25) is 0 Å². The Bertz CT molecular complexity index is 914. The molecule has 0 aliphatic rings. The Labute approximate surface area is 184 Å². The highest BCUT2D eigenvalue weighted by Gasteiger charge is 2.13. The van der Waals surface area contributed by atoms with Gasteiger partial charge in [0.05, 0.1) is 0 Å². The van der Waals surface area contributed by atoms with E-state index < -0.39 is 5.91 Å². The van der Waals surface area contributed by atoms with Crippen molar-refractivity contribution in [3.63, 3.8) is 0 Å². The zero-order chi connectivity index (χ0) is 21.6. The van der Waals surface area contributed by atoms with Gasteiger partial charge in [-0.2, -0.15) is 0 Å². The van der Waals surface area contributed by atoms with Gasteiger partial charge in [0.25, 0.3) is 11.8 Å². The molecule has 0 aromatic heterocycles. The molecular formula is C21H24BrN3O3S. The Balaban J connectivity index is 1.85. The third kappa shape index (κ3) is 6.83. The summed E-state index contributed by atoms with van der Waals surface area (Å²) in [6, 6.07) is 11.0. The summed E-state index contributed by atoms with van der Waals surface area (Å²) < 4.78 is 6.69. The van der Waals surface area contributed by atoms with Gasteiger partial charge in [0.2, 0.25) is 0 Å². The van der Waals surface area contributed by atoms with Crippen LogP contribution >= 0.6 is 28.1 Å². The summed E-state index contributed by atoms with van der Waals surface area (Å²) in [4.78, 5) is 24.2. The first-order chi connectivity index (χ1) is 13.7. The van der Waals surface area contributed by atoms with Gasteiger partial charge in [-0.1, -0.05) is 47.5 Å². The SMILES string of the molecule is Cc1ccc(C(=O)NNC(=S)NC(=O)COc2cc(C)c(Br)cc2C(C)C)cc1. The topological polar surface area (TPSA) is 79.5 Å². The molecule has 0 aliphatic heterocycles. The maximum Gasteiger partial charge on any atom is 0.269 e. The molecule has 2 rings (SSSR count). The summed E-state index contributed by atoms with van der Waals surface area (Å²) in [5.74, 6) is 0.110. The van der Waals surface area contributed by atoms with E-state index in [1.165, 1.54) is 0 Å². The van der Waals surface area contributed by atoms with Gasteiger partial charge in [0, 0.05) is 10.0 Å². The van der Waals surface area contributed by atoms with Crippen molar-refractivity contribution in [1.82, 2.24) is 16.2 Å².